The average molecular weight is 563 g/mol. The number of carbonyl (C=O) groups excluding carboxylic acids is 1. The van der Waals surface area contributed by atoms with Crippen molar-refractivity contribution in [1.29, 1.82) is 0 Å². The molecule has 0 aliphatic carbocycles. The van der Waals surface area contributed by atoms with Crippen molar-refractivity contribution >= 4 is 36.0 Å². The highest BCUT2D eigenvalue weighted by molar-refractivity contribution is 14.0. The van der Waals surface area contributed by atoms with Crippen molar-refractivity contribution in [3.63, 3.8) is 0 Å². The van der Waals surface area contributed by atoms with E-state index in [1.165, 1.54) is 11.3 Å². The van der Waals surface area contributed by atoms with Gasteiger partial charge >= 0.3 is 6.09 Å². The summed E-state index contributed by atoms with van der Waals surface area (Å²) < 4.78 is 7.43. The number of hydrogen-bond acceptors (Lipinski definition) is 4. The molecule has 1 aliphatic rings. The third-order valence-electron chi connectivity index (χ3n) is 5.67. The highest BCUT2D eigenvalue weighted by Gasteiger charge is 2.26. The van der Waals surface area contributed by atoms with Crippen molar-refractivity contribution in [3.05, 3.63) is 17.0 Å². The zero-order chi connectivity index (χ0) is 23.2. The average Bonchev–Trinajstić information content (AvgIpc) is 2.91. The Morgan fingerprint density at radius 3 is 2.41 bits per heavy atom. The van der Waals surface area contributed by atoms with Gasteiger partial charge in [-0.05, 0) is 79.2 Å². The van der Waals surface area contributed by atoms with Crippen molar-refractivity contribution < 1.29 is 9.53 Å². The lowest BCUT2D eigenvalue weighted by Gasteiger charge is -2.33. The molecule has 0 saturated carbocycles. The van der Waals surface area contributed by atoms with Crippen molar-refractivity contribution in [1.82, 2.24) is 25.3 Å². The Labute approximate surface area is 211 Å². The molecule has 0 bridgehead atoms. The van der Waals surface area contributed by atoms with Crippen molar-refractivity contribution in [2.24, 2.45) is 18.0 Å². The van der Waals surface area contributed by atoms with E-state index in [1.54, 1.807) is 0 Å². The number of rotatable bonds is 6. The Morgan fingerprint density at radius 1 is 1.28 bits per heavy atom. The first kappa shape index (κ1) is 28.5. The minimum Gasteiger partial charge on any atom is -0.444 e. The molecule has 1 amide bonds. The van der Waals surface area contributed by atoms with E-state index in [2.05, 4.69) is 43.4 Å². The van der Waals surface area contributed by atoms with Crippen molar-refractivity contribution in [3.8, 4) is 0 Å². The Morgan fingerprint density at radius 2 is 1.91 bits per heavy atom. The lowest BCUT2D eigenvalue weighted by molar-refractivity contribution is 0.0187. The quantitative estimate of drug-likeness (QED) is 0.313. The molecule has 1 aromatic rings. The number of ether oxygens (including phenoxy) is 1. The van der Waals surface area contributed by atoms with E-state index >= 15 is 0 Å². The van der Waals surface area contributed by atoms with E-state index in [0.717, 1.165) is 57.1 Å². The minimum absolute atomic E-state index is 0. The van der Waals surface area contributed by atoms with Crippen LogP contribution in [0.15, 0.2) is 4.99 Å². The van der Waals surface area contributed by atoms with Gasteiger partial charge in [-0.25, -0.2) is 4.79 Å². The maximum absolute atomic E-state index is 12.2. The number of amides is 1. The second kappa shape index (κ2) is 12.6. The molecule has 1 aromatic heterocycles. The van der Waals surface area contributed by atoms with Crippen LogP contribution in [0, 0.1) is 19.8 Å². The molecule has 0 spiro atoms. The van der Waals surface area contributed by atoms with Gasteiger partial charge in [-0.2, -0.15) is 5.10 Å². The summed E-state index contributed by atoms with van der Waals surface area (Å²) >= 11 is 0. The number of likely N-dealkylation sites (tertiary alicyclic amines) is 1. The number of halogens is 1. The third kappa shape index (κ3) is 8.78. The van der Waals surface area contributed by atoms with Gasteiger partial charge in [0.2, 0.25) is 0 Å². The number of aryl methyl sites for hydroxylation is 2. The molecule has 32 heavy (non-hydrogen) atoms. The van der Waals surface area contributed by atoms with Crippen LogP contribution in [0.3, 0.4) is 0 Å². The molecule has 1 atom stereocenters. The number of carbonyl (C=O) groups is 1. The van der Waals surface area contributed by atoms with Crippen molar-refractivity contribution in [2.45, 2.75) is 79.4 Å². The van der Waals surface area contributed by atoms with Crippen LogP contribution in [0.25, 0.3) is 0 Å². The molecule has 0 aromatic carbocycles. The zero-order valence-electron chi connectivity index (χ0n) is 21.1. The molecular formula is C23H43IN6O2. The number of aromatic nitrogens is 2. The Hall–Kier alpha value is -1.52. The molecule has 1 unspecified atom stereocenters. The van der Waals surface area contributed by atoms with E-state index in [0.29, 0.717) is 5.92 Å². The molecule has 2 N–H and O–H groups in total. The highest BCUT2D eigenvalue weighted by Crippen LogP contribution is 2.20. The van der Waals surface area contributed by atoms with Gasteiger partial charge in [0, 0.05) is 45.0 Å². The summed E-state index contributed by atoms with van der Waals surface area (Å²) in [7, 11) is 1.99. The maximum Gasteiger partial charge on any atom is 0.410 e. The normalized spacial score (nSPS) is 16.4. The minimum atomic E-state index is -0.450. The van der Waals surface area contributed by atoms with Crippen LogP contribution >= 0.6 is 24.0 Å². The molecule has 184 valence electrons. The van der Waals surface area contributed by atoms with Gasteiger partial charge in [0.1, 0.15) is 5.60 Å². The number of hydrogen-bond donors (Lipinski definition) is 2. The van der Waals surface area contributed by atoms with E-state index in [9.17, 15) is 4.79 Å². The zero-order valence-corrected chi connectivity index (χ0v) is 23.4. The summed E-state index contributed by atoms with van der Waals surface area (Å²) in [6.07, 6.45) is 2.60. The van der Waals surface area contributed by atoms with Gasteiger partial charge in [-0.15, -0.1) is 24.0 Å². The van der Waals surface area contributed by atoms with Gasteiger partial charge < -0.3 is 20.3 Å². The summed E-state index contributed by atoms with van der Waals surface area (Å²) in [5.74, 6) is 1.33. The van der Waals surface area contributed by atoms with Crippen molar-refractivity contribution in [2.75, 3.05) is 26.2 Å². The molecule has 9 heteroatoms. The summed E-state index contributed by atoms with van der Waals surface area (Å²) in [6.45, 7) is 17.2. The largest absolute Gasteiger partial charge is 0.444 e. The smallest absolute Gasteiger partial charge is 0.410 e. The predicted molar refractivity (Wildman–Crippen MR) is 141 cm³/mol. The number of guanidine groups is 1. The van der Waals surface area contributed by atoms with Crippen LogP contribution < -0.4 is 10.6 Å². The van der Waals surface area contributed by atoms with Gasteiger partial charge in [-0.1, -0.05) is 0 Å². The van der Waals surface area contributed by atoms with E-state index < -0.39 is 5.60 Å². The van der Waals surface area contributed by atoms with Crippen LogP contribution in [0.1, 0.15) is 64.4 Å². The third-order valence-corrected chi connectivity index (χ3v) is 5.67. The number of piperidine rings is 1. The van der Waals surface area contributed by atoms with Gasteiger partial charge in [0.25, 0.3) is 0 Å². The maximum atomic E-state index is 12.2. The Kier molecular flexibility index (Phi) is 11.3. The fourth-order valence-corrected chi connectivity index (χ4v) is 3.87. The number of aliphatic imine (C=N–C) groups is 1. The van der Waals surface area contributed by atoms with E-state index in [1.807, 2.05) is 37.4 Å². The Bertz CT molecular complexity index is 763. The summed E-state index contributed by atoms with van der Waals surface area (Å²) in [4.78, 5) is 18.9. The molecule has 2 rings (SSSR count). The number of nitrogens with one attached hydrogen (secondary N) is 2. The second-order valence-corrected chi connectivity index (χ2v) is 9.65. The monoisotopic (exact) mass is 562 g/mol. The summed E-state index contributed by atoms with van der Waals surface area (Å²) in [5.41, 5.74) is 3.15. The molecule has 1 aliphatic heterocycles. The van der Waals surface area contributed by atoms with Crippen LogP contribution in [-0.4, -0.2) is 64.6 Å². The fourth-order valence-electron chi connectivity index (χ4n) is 3.87. The second-order valence-electron chi connectivity index (χ2n) is 9.65. The molecule has 0 radical (unpaired) electrons. The molecular weight excluding hydrogens is 519 g/mol. The number of nitrogens with zero attached hydrogens (tertiary/aromatic N) is 4. The highest BCUT2D eigenvalue weighted by atomic mass is 127. The van der Waals surface area contributed by atoms with Crippen LogP contribution in [-0.2, 0) is 18.2 Å². The topological polar surface area (TPSA) is 83.8 Å². The van der Waals surface area contributed by atoms with Gasteiger partial charge in [0.15, 0.2) is 5.96 Å². The lowest BCUT2D eigenvalue weighted by atomic mass is 9.97. The molecule has 1 fully saturated rings. The molecule has 8 nitrogen and oxygen atoms in total. The van der Waals surface area contributed by atoms with E-state index in [-0.39, 0.29) is 36.1 Å². The lowest BCUT2D eigenvalue weighted by Crippen LogP contribution is -2.44. The summed E-state index contributed by atoms with van der Waals surface area (Å²) in [5, 5.41) is 11.4. The first-order valence-corrected chi connectivity index (χ1v) is 11.5. The van der Waals surface area contributed by atoms with E-state index in [4.69, 9.17) is 9.73 Å². The van der Waals surface area contributed by atoms with Gasteiger partial charge in [-0.3, -0.25) is 9.67 Å². The standard InChI is InChI=1S/C23H42N6O2.HI/c1-9-24-21(26-16(2)14-20-17(3)27-28(8)18(20)4)25-15-19-10-12-29(13-11-19)22(30)31-23(5,6)7;/h16,19H,9-15H2,1-8H3,(H2,24,25,26);1H. The first-order chi connectivity index (χ1) is 14.5. The molecule has 2 heterocycles. The SMILES string of the molecule is CCNC(=NCC1CCN(C(=O)OC(C)(C)C)CC1)NC(C)Cc1c(C)nn(C)c1C.I. The molecule has 1 saturated heterocycles. The first-order valence-electron chi connectivity index (χ1n) is 11.5. The van der Waals surface area contributed by atoms with Crippen LogP contribution in [0.5, 0.6) is 0 Å². The van der Waals surface area contributed by atoms with Crippen LogP contribution in [0.2, 0.25) is 0 Å². The fraction of sp³-hybridized carbons (Fsp3) is 0.783. The Balaban J connectivity index is 0.00000512. The van der Waals surface area contributed by atoms with Crippen LogP contribution in [0.4, 0.5) is 4.79 Å². The summed E-state index contributed by atoms with van der Waals surface area (Å²) in [6, 6.07) is 0.244. The predicted octanol–water partition coefficient (Wildman–Crippen LogP) is 3.79. The van der Waals surface area contributed by atoms with Gasteiger partial charge in [0.05, 0.1) is 5.69 Å².